The molecule has 0 aliphatic carbocycles. The van der Waals surface area contributed by atoms with E-state index in [1.165, 1.54) is 30.7 Å². The average molecular weight is 445 g/mol. The molecule has 2 aromatic heterocycles. The van der Waals surface area contributed by atoms with Crippen molar-refractivity contribution in [2.24, 2.45) is 0 Å². The van der Waals surface area contributed by atoms with Gasteiger partial charge in [0.2, 0.25) is 11.8 Å². The summed E-state index contributed by atoms with van der Waals surface area (Å²) in [4.78, 5) is 34.3. The van der Waals surface area contributed by atoms with E-state index in [1.54, 1.807) is 27.4 Å². The lowest BCUT2D eigenvalue weighted by molar-refractivity contribution is -0.117. The molecule has 0 atom stereocenters. The molecule has 8 nitrogen and oxygen atoms in total. The Bertz CT molecular complexity index is 1220. The zero-order chi connectivity index (χ0) is 22.3. The Morgan fingerprint density at radius 3 is 2.59 bits per heavy atom. The zero-order valence-electron chi connectivity index (χ0n) is 17.3. The molecule has 2 aromatic carbocycles. The molecular formula is C23H20N6O2S. The Kier molecular flexibility index (Phi) is 6.47. The number of thiazole rings is 1. The van der Waals surface area contributed by atoms with E-state index in [2.05, 4.69) is 20.4 Å². The third kappa shape index (κ3) is 5.13. The van der Waals surface area contributed by atoms with Crippen molar-refractivity contribution in [2.45, 2.75) is 13.5 Å². The molecule has 0 aliphatic heterocycles. The highest BCUT2D eigenvalue weighted by atomic mass is 32.1. The fourth-order valence-electron chi connectivity index (χ4n) is 2.98. The lowest BCUT2D eigenvalue weighted by Gasteiger charge is -2.17. The SMILES string of the molecule is CC(=O)N(c1ccccc1)c1nc(C=CC(=O)NCc2ccc(-n3cncn3)cc2)cs1. The Morgan fingerprint density at radius 2 is 1.91 bits per heavy atom. The number of aromatic nitrogens is 4. The topological polar surface area (TPSA) is 93.0 Å². The lowest BCUT2D eigenvalue weighted by Crippen LogP contribution is -2.22. The van der Waals surface area contributed by atoms with Gasteiger partial charge in [0.25, 0.3) is 0 Å². The quantitative estimate of drug-likeness (QED) is 0.439. The summed E-state index contributed by atoms with van der Waals surface area (Å²) in [7, 11) is 0. The van der Waals surface area contributed by atoms with E-state index in [0.29, 0.717) is 17.4 Å². The molecule has 2 heterocycles. The monoisotopic (exact) mass is 444 g/mol. The van der Waals surface area contributed by atoms with Crippen LogP contribution in [0.4, 0.5) is 10.8 Å². The van der Waals surface area contributed by atoms with Gasteiger partial charge in [-0.1, -0.05) is 30.3 Å². The average Bonchev–Trinajstić information content (AvgIpc) is 3.50. The number of anilines is 2. The van der Waals surface area contributed by atoms with Crippen LogP contribution in [0.1, 0.15) is 18.2 Å². The number of nitrogens with one attached hydrogen (secondary N) is 1. The molecule has 4 rings (SSSR count). The number of amides is 2. The van der Waals surface area contributed by atoms with E-state index < -0.39 is 0 Å². The van der Waals surface area contributed by atoms with E-state index in [0.717, 1.165) is 16.9 Å². The highest BCUT2D eigenvalue weighted by Crippen LogP contribution is 2.28. The predicted molar refractivity (Wildman–Crippen MR) is 124 cm³/mol. The molecule has 0 radical (unpaired) electrons. The number of benzene rings is 2. The summed E-state index contributed by atoms with van der Waals surface area (Å²) in [5.41, 5.74) is 3.22. The Hall–Kier alpha value is -4.11. The lowest BCUT2D eigenvalue weighted by atomic mass is 10.2. The van der Waals surface area contributed by atoms with Crippen LogP contribution in [-0.4, -0.2) is 31.6 Å². The summed E-state index contributed by atoms with van der Waals surface area (Å²) in [6, 6.07) is 17.0. The molecule has 0 aliphatic rings. The minimum Gasteiger partial charge on any atom is -0.348 e. The smallest absolute Gasteiger partial charge is 0.244 e. The fourth-order valence-corrected chi connectivity index (χ4v) is 3.83. The van der Waals surface area contributed by atoms with E-state index >= 15 is 0 Å². The number of carbonyl (C=O) groups is 2. The highest BCUT2D eigenvalue weighted by molar-refractivity contribution is 7.14. The summed E-state index contributed by atoms with van der Waals surface area (Å²) in [6.45, 7) is 1.89. The van der Waals surface area contributed by atoms with Crippen LogP contribution in [0.25, 0.3) is 11.8 Å². The maximum atomic E-state index is 12.2. The molecule has 0 saturated carbocycles. The minimum absolute atomic E-state index is 0.131. The zero-order valence-corrected chi connectivity index (χ0v) is 18.1. The second kappa shape index (κ2) is 9.80. The van der Waals surface area contributed by atoms with Gasteiger partial charge < -0.3 is 5.32 Å². The highest BCUT2D eigenvalue weighted by Gasteiger charge is 2.17. The van der Waals surface area contributed by atoms with E-state index in [4.69, 9.17) is 0 Å². The van der Waals surface area contributed by atoms with Gasteiger partial charge >= 0.3 is 0 Å². The fraction of sp³-hybridized carbons (Fsp3) is 0.0870. The number of hydrogen-bond acceptors (Lipinski definition) is 6. The van der Waals surface area contributed by atoms with Gasteiger partial charge in [-0.05, 0) is 35.9 Å². The number of nitrogens with zero attached hydrogens (tertiary/aromatic N) is 5. The van der Waals surface area contributed by atoms with Crippen LogP contribution in [0, 0.1) is 0 Å². The number of rotatable bonds is 7. The van der Waals surface area contributed by atoms with E-state index in [1.807, 2.05) is 54.6 Å². The first kappa shape index (κ1) is 21.1. The van der Waals surface area contributed by atoms with Crippen LogP contribution in [0.15, 0.2) is 78.7 Å². The molecule has 0 spiro atoms. The van der Waals surface area contributed by atoms with Crippen molar-refractivity contribution < 1.29 is 9.59 Å². The van der Waals surface area contributed by atoms with Crippen molar-refractivity contribution in [3.63, 3.8) is 0 Å². The molecule has 4 aromatic rings. The summed E-state index contributed by atoms with van der Waals surface area (Å²) >= 11 is 1.34. The van der Waals surface area contributed by atoms with Gasteiger partial charge in [-0.2, -0.15) is 5.10 Å². The molecule has 0 saturated heterocycles. The van der Waals surface area contributed by atoms with Gasteiger partial charge in [0.15, 0.2) is 5.13 Å². The Morgan fingerprint density at radius 1 is 1.12 bits per heavy atom. The molecule has 9 heteroatoms. The Labute approximate surface area is 188 Å². The largest absolute Gasteiger partial charge is 0.348 e. The van der Waals surface area contributed by atoms with Crippen LogP contribution >= 0.6 is 11.3 Å². The van der Waals surface area contributed by atoms with Crippen molar-refractivity contribution in [2.75, 3.05) is 4.90 Å². The Balaban J connectivity index is 1.35. The van der Waals surface area contributed by atoms with Gasteiger partial charge in [0.05, 0.1) is 17.1 Å². The molecule has 160 valence electrons. The summed E-state index contributed by atoms with van der Waals surface area (Å²) < 4.78 is 1.66. The van der Waals surface area contributed by atoms with Crippen LogP contribution in [0.5, 0.6) is 0 Å². The van der Waals surface area contributed by atoms with Gasteiger partial charge in [0.1, 0.15) is 12.7 Å². The first-order valence-electron chi connectivity index (χ1n) is 9.81. The normalized spacial score (nSPS) is 10.9. The first-order chi connectivity index (χ1) is 15.6. The second-order valence-electron chi connectivity index (χ2n) is 6.80. The van der Waals surface area contributed by atoms with E-state index in [9.17, 15) is 9.59 Å². The predicted octanol–water partition coefficient (Wildman–Crippen LogP) is 3.74. The molecule has 0 unspecified atom stereocenters. The molecular weight excluding hydrogens is 424 g/mol. The van der Waals surface area contributed by atoms with Crippen LogP contribution < -0.4 is 10.2 Å². The number of para-hydroxylation sites is 1. The van der Waals surface area contributed by atoms with Crippen LogP contribution in [-0.2, 0) is 16.1 Å². The summed E-state index contributed by atoms with van der Waals surface area (Å²) in [5.74, 6) is -0.361. The van der Waals surface area contributed by atoms with Crippen molar-refractivity contribution in [3.8, 4) is 5.69 Å². The maximum Gasteiger partial charge on any atom is 0.244 e. The molecule has 0 bridgehead atoms. The second-order valence-corrected chi connectivity index (χ2v) is 7.64. The van der Waals surface area contributed by atoms with Gasteiger partial charge in [-0.25, -0.2) is 14.6 Å². The standard InChI is InChI=1S/C23H20N6O2S/c1-17(30)29(21-5-3-2-4-6-21)23-27-19(14-32-23)9-12-22(31)25-13-18-7-10-20(11-8-18)28-16-24-15-26-28/h2-12,14-16H,13H2,1H3,(H,25,31). The van der Waals surface area contributed by atoms with Gasteiger partial charge in [0, 0.05) is 24.9 Å². The number of hydrogen-bond donors (Lipinski definition) is 1. The molecule has 1 N–H and O–H groups in total. The van der Waals surface area contributed by atoms with Crippen molar-refractivity contribution in [3.05, 3.63) is 90.0 Å². The summed E-state index contributed by atoms with van der Waals surface area (Å²) in [6.07, 6.45) is 6.17. The summed E-state index contributed by atoms with van der Waals surface area (Å²) in [5, 5.41) is 9.29. The van der Waals surface area contributed by atoms with Crippen LogP contribution in [0.2, 0.25) is 0 Å². The number of carbonyl (C=O) groups excluding carboxylic acids is 2. The van der Waals surface area contributed by atoms with Gasteiger partial charge in [-0.3, -0.25) is 14.5 Å². The van der Waals surface area contributed by atoms with Gasteiger partial charge in [-0.15, -0.1) is 11.3 Å². The van der Waals surface area contributed by atoms with Crippen molar-refractivity contribution >= 4 is 40.0 Å². The van der Waals surface area contributed by atoms with Crippen molar-refractivity contribution in [1.29, 1.82) is 0 Å². The van der Waals surface area contributed by atoms with Crippen LogP contribution in [0.3, 0.4) is 0 Å². The first-order valence-corrected chi connectivity index (χ1v) is 10.7. The third-order valence-corrected chi connectivity index (χ3v) is 5.37. The molecule has 2 amide bonds. The third-order valence-electron chi connectivity index (χ3n) is 4.52. The molecule has 0 fully saturated rings. The van der Waals surface area contributed by atoms with Crippen molar-refractivity contribution in [1.82, 2.24) is 25.1 Å². The van der Waals surface area contributed by atoms with E-state index in [-0.39, 0.29) is 11.8 Å². The molecule has 32 heavy (non-hydrogen) atoms. The minimum atomic E-state index is -0.230. The maximum absolute atomic E-state index is 12.2.